The molecule has 2 heterocycles. The number of benzene rings is 2. The van der Waals surface area contributed by atoms with E-state index in [2.05, 4.69) is 27.2 Å². The molecule has 1 saturated carbocycles. The summed E-state index contributed by atoms with van der Waals surface area (Å²) in [6.45, 7) is 0. The summed E-state index contributed by atoms with van der Waals surface area (Å²) < 4.78 is 16.7. The molecule has 4 nitrogen and oxygen atoms in total. The third-order valence-corrected chi connectivity index (χ3v) is 6.18. The normalized spacial score (nSPS) is 14.8. The summed E-state index contributed by atoms with van der Waals surface area (Å²) in [4.78, 5) is 5.49. The molecule has 0 saturated heterocycles. The van der Waals surface area contributed by atoms with Crippen LogP contribution in [-0.2, 0) is 0 Å². The second kappa shape index (κ2) is 6.95. The monoisotopic (exact) mass is 393 g/mol. The lowest BCUT2D eigenvalue weighted by Gasteiger charge is -2.16. The number of imidazole rings is 1. The number of nitrogens with one attached hydrogen (secondary N) is 1. The molecule has 1 fully saturated rings. The van der Waals surface area contributed by atoms with Gasteiger partial charge in [0.2, 0.25) is 0 Å². The zero-order valence-electron chi connectivity index (χ0n) is 15.2. The molecule has 1 aliphatic carbocycles. The molecule has 0 bridgehead atoms. The highest BCUT2D eigenvalue weighted by molar-refractivity contribution is 7.15. The van der Waals surface area contributed by atoms with Gasteiger partial charge in [-0.3, -0.25) is 4.40 Å². The zero-order chi connectivity index (χ0) is 19.1. The highest BCUT2D eigenvalue weighted by Crippen LogP contribution is 2.41. The molecule has 142 valence electrons. The number of thiazole rings is 1. The SMILES string of the molecule is Oc1cccc(F)c1-c1nc2scc(-c3ccccc3)n2c1NC1CCCC1. The molecule has 0 unspecified atom stereocenters. The molecule has 6 heteroatoms. The zero-order valence-corrected chi connectivity index (χ0v) is 16.0. The Balaban J connectivity index is 1.75. The van der Waals surface area contributed by atoms with Gasteiger partial charge in [0.05, 0.1) is 11.3 Å². The van der Waals surface area contributed by atoms with Gasteiger partial charge in [-0.1, -0.05) is 49.2 Å². The van der Waals surface area contributed by atoms with Crippen LogP contribution in [0.1, 0.15) is 25.7 Å². The first kappa shape index (κ1) is 17.3. The predicted molar refractivity (Wildman–Crippen MR) is 111 cm³/mol. The minimum absolute atomic E-state index is 0.0958. The molecule has 5 rings (SSSR count). The van der Waals surface area contributed by atoms with Gasteiger partial charge >= 0.3 is 0 Å². The molecule has 1 aliphatic rings. The van der Waals surface area contributed by atoms with Crippen LogP contribution in [0.4, 0.5) is 10.2 Å². The van der Waals surface area contributed by atoms with Crippen LogP contribution in [0.2, 0.25) is 0 Å². The van der Waals surface area contributed by atoms with Gasteiger partial charge in [0, 0.05) is 11.4 Å². The maximum Gasteiger partial charge on any atom is 0.196 e. The van der Waals surface area contributed by atoms with Crippen molar-refractivity contribution in [1.82, 2.24) is 9.38 Å². The molecule has 0 aliphatic heterocycles. The molecule has 2 aromatic carbocycles. The van der Waals surface area contributed by atoms with E-state index < -0.39 is 5.82 Å². The Morgan fingerprint density at radius 2 is 1.86 bits per heavy atom. The van der Waals surface area contributed by atoms with Crippen LogP contribution >= 0.6 is 11.3 Å². The van der Waals surface area contributed by atoms with Crippen molar-refractivity contribution < 1.29 is 9.50 Å². The van der Waals surface area contributed by atoms with E-state index in [9.17, 15) is 9.50 Å². The topological polar surface area (TPSA) is 49.6 Å². The number of phenolic OH excluding ortho intramolecular Hbond substituents is 1. The molecule has 0 atom stereocenters. The van der Waals surface area contributed by atoms with Gasteiger partial charge in [0.1, 0.15) is 23.1 Å². The molecule has 2 N–H and O–H groups in total. The van der Waals surface area contributed by atoms with Crippen molar-refractivity contribution in [3.63, 3.8) is 0 Å². The number of rotatable bonds is 4. The van der Waals surface area contributed by atoms with E-state index in [-0.39, 0.29) is 11.3 Å². The lowest BCUT2D eigenvalue weighted by molar-refractivity contribution is 0.472. The summed E-state index contributed by atoms with van der Waals surface area (Å²) in [5.41, 5.74) is 2.70. The Hall–Kier alpha value is -2.86. The van der Waals surface area contributed by atoms with Crippen LogP contribution in [0.5, 0.6) is 5.75 Å². The van der Waals surface area contributed by atoms with E-state index >= 15 is 0 Å². The fraction of sp³-hybridized carbons (Fsp3) is 0.227. The number of halogens is 1. The number of nitrogens with zero attached hydrogens (tertiary/aromatic N) is 2. The number of phenols is 1. The van der Waals surface area contributed by atoms with Crippen molar-refractivity contribution in [3.8, 4) is 28.3 Å². The minimum atomic E-state index is -0.471. The standard InChI is InChI=1S/C22H20FN3OS/c23-16-11-6-12-18(27)19(16)20-21(24-15-9-4-5-10-15)26-17(13-28-22(26)25-20)14-7-2-1-3-8-14/h1-3,6-8,11-13,15,24,27H,4-5,9-10H2. The van der Waals surface area contributed by atoms with Crippen molar-refractivity contribution >= 4 is 22.1 Å². The molecule has 0 radical (unpaired) electrons. The largest absolute Gasteiger partial charge is 0.507 e. The summed E-state index contributed by atoms with van der Waals surface area (Å²) >= 11 is 1.52. The molecule has 0 amide bonds. The van der Waals surface area contributed by atoms with Crippen LogP contribution in [0.3, 0.4) is 0 Å². The number of fused-ring (bicyclic) bond motifs is 1. The Kier molecular flexibility index (Phi) is 4.28. The fourth-order valence-electron chi connectivity index (χ4n) is 3.99. The van der Waals surface area contributed by atoms with Gasteiger partial charge in [0.25, 0.3) is 0 Å². The van der Waals surface area contributed by atoms with Gasteiger partial charge in [-0.05, 0) is 30.5 Å². The number of hydrogen-bond acceptors (Lipinski definition) is 4. The van der Waals surface area contributed by atoms with Gasteiger partial charge in [0.15, 0.2) is 4.96 Å². The van der Waals surface area contributed by atoms with Gasteiger partial charge < -0.3 is 10.4 Å². The Bertz CT molecular complexity index is 1110. The summed E-state index contributed by atoms with van der Waals surface area (Å²) in [6.07, 6.45) is 4.55. The van der Waals surface area contributed by atoms with Crippen molar-refractivity contribution in [2.24, 2.45) is 0 Å². The third-order valence-electron chi connectivity index (χ3n) is 5.36. The summed E-state index contributed by atoms with van der Waals surface area (Å²) in [7, 11) is 0. The van der Waals surface area contributed by atoms with E-state index in [1.807, 2.05) is 18.2 Å². The highest BCUT2D eigenvalue weighted by Gasteiger charge is 2.26. The number of aromatic nitrogens is 2. The van der Waals surface area contributed by atoms with E-state index in [0.717, 1.165) is 34.9 Å². The van der Waals surface area contributed by atoms with Gasteiger partial charge in [-0.25, -0.2) is 9.37 Å². The molecular formula is C22H20FN3OS. The Labute approximate surface area is 166 Å². The van der Waals surface area contributed by atoms with Crippen molar-refractivity contribution in [2.45, 2.75) is 31.7 Å². The maximum absolute atomic E-state index is 14.7. The molecular weight excluding hydrogens is 373 g/mol. The van der Waals surface area contributed by atoms with Crippen molar-refractivity contribution in [1.29, 1.82) is 0 Å². The van der Waals surface area contributed by atoms with Crippen LogP contribution in [0.25, 0.3) is 27.5 Å². The first-order chi connectivity index (χ1) is 13.7. The first-order valence-corrected chi connectivity index (χ1v) is 10.4. The van der Waals surface area contributed by atoms with E-state index in [0.29, 0.717) is 11.7 Å². The quantitative estimate of drug-likeness (QED) is 0.452. The Morgan fingerprint density at radius 3 is 2.61 bits per heavy atom. The van der Waals surface area contributed by atoms with Crippen LogP contribution in [0, 0.1) is 5.82 Å². The van der Waals surface area contributed by atoms with Crippen LogP contribution < -0.4 is 5.32 Å². The second-order valence-corrected chi connectivity index (χ2v) is 8.01. The number of anilines is 1. The lowest BCUT2D eigenvalue weighted by atomic mass is 10.1. The predicted octanol–water partition coefficient (Wildman–Crippen LogP) is 5.93. The minimum Gasteiger partial charge on any atom is -0.507 e. The second-order valence-electron chi connectivity index (χ2n) is 7.17. The summed E-state index contributed by atoms with van der Waals surface area (Å²) in [6, 6.07) is 14.8. The molecule has 2 aromatic heterocycles. The molecule has 4 aromatic rings. The Morgan fingerprint density at radius 1 is 1.07 bits per heavy atom. The highest BCUT2D eigenvalue weighted by atomic mass is 32.1. The smallest absolute Gasteiger partial charge is 0.196 e. The van der Waals surface area contributed by atoms with Gasteiger partial charge in [-0.2, -0.15) is 0 Å². The van der Waals surface area contributed by atoms with Crippen LogP contribution in [0.15, 0.2) is 53.9 Å². The average Bonchev–Trinajstić information content (AvgIpc) is 3.42. The number of hydrogen-bond donors (Lipinski definition) is 2. The van der Waals surface area contributed by atoms with Crippen molar-refractivity contribution in [2.75, 3.05) is 5.32 Å². The summed E-state index contributed by atoms with van der Waals surface area (Å²) in [5, 5.41) is 16.0. The molecule has 0 spiro atoms. The first-order valence-electron chi connectivity index (χ1n) is 9.52. The fourth-order valence-corrected chi connectivity index (χ4v) is 4.89. The summed E-state index contributed by atoms with van der Waals surface area (Å²) in [5.74, 6) is 0.186. The van der Waals surface area contributed by atoms with Crippen molar-refractivity contribution in [3.05, 3.63) is 59.7 Å². The van der Waals surface area contributed by atoms with E-state index in [1.54, 1.807) is 0 Å². The maximum atomic E-state index is 14.7. The van der Waals surface area contributed by atoms with Crippen LogP contribution in [-0.4, -0.2) is 20.5 Å². The number of aromatic hydroxyl groups is 1. The van der Waals surface area contributed by atoms with E-state index in [4.69, 9.17) is 4.98 Å². The van der Waals surface area contributed by atoms with Gasteiger partial charge in [-0.15, -0.1) is 11.3 Å². The van der Waals surface area contributed by atoms with E-state index in [1.165, 1.54) is 42.4 Å². The third kappa shape index (κ3) is 2.85. The average molecular weight is 393 g/mol. The molecule has 28 heavy (non-hydrogen) atoms. The lowest BCUT2D eigenvalue weighted by Crippen LogP contribution is -2.16.